The lowest BCUT2D eigenvalue weighted by atomic mass is 9.88. The molecule has 1 aliphatic rings. The third kappa shape index (κ3) is 5.94. The van der Waals surface area contributed by atoms with Crippen molar-refractivity contribution in [2.75, 3.05) is 26.1 Å². The van der Waals surface area contributed by atoms with Crippen molar-refractivity contribution >= 4 is 33.1 Å². The number of benzene rings is 2. The van der Waals surface area contributed by atoms with Gasteiger partial charge in [-0.05, 0) is 78.9 Å². The summed E-state index contributed by atoms with van der Waals surface area (Å²) in [6.45, 7) is 5.30. The molecule has 0 spiro atoms. The maximum atomic E-state index is 13.7. The summed E-state index contributed by atoms with van der Waals surface area (Å²) in [5.74, 6) is 5.32. The molecule has 33 heavy (non-hydrogen) atoms. The van der Waals surface area contributed by atoms with Crippen LogP contribution >= 0.6 is 11.8 Å². The molecule has 1 saturated heterocycles. The van der Waals surface area contributed by atoms with Crippen LogP contribution in [-0.2, 0) is 25.5 Å². The van der Waals surface area contributed by atoms with Crippen molar-refractivity contribution in [2.24, 2.45) is 11.1 Å². The van der Waals surface area contributed by atoms with E-state index in [1.54, 1.807) is 7.11 Å². The summed E-state index contributed by atoms with van der Waals surface area (Å²) in [5, 5.41) is 0. The van der Waals surface area contributed by atoms with E-state index in [9.17, 15) is 9.00 Å². The Balaban J connectivity index is 1.62. The van der Waals surface area contributed by atoms with E-state index in [1.807, 2.05) is 48.2 Å². The molecule has 180 valence electrons. The normalized spacial score (nSPS) is 17.8. The minimum Gasteiger partial charge on any atom is -0.497 e. The number of thioether (sulfide) groups is 1. The maximum Gasteiger partial charge on any atom is 0.236 e. The Labute approximate surface area is 202 Å². The Morgan fingerprint density at radius 3 is 2.30 bits per heavy atom. The van der Waals surface area contributed by atoms with E-state index in [-0.39, 0.29) is 5.41 Å². The van der Waals surface area contributed by atoms with Crippen molar-refractivity contribution in [3.63, 3.8) is 0 Å². The van der Waals surface area contributed by atoms with Crippen LogP contribution in [0, 0.1) is 5.41 Å². The first kappa shape index (κ1) is 25.7. The van der Waals surface area contributed by atoms with Crippen molar-refractivity contribution in [1.29, 1.82) is 0 Å². The number of amides is 1. The van der Waals surface area contributed by atoms with Crippen LogP contribution in [0.3, 0.4) is 0 Å². The predicted molar refractivity (Wildman–Crippen MR) is 138 cm³/mol. The van der Waals surface area contributed by atoms with E-state index in [2.05, 4.69) is 31.9 Å². The second-order valence-electron chi connectivity index (χ2n) is 9.42. The number of ether oxygens (including phenoxy) is 2. The average Bonchev–Trinajstić information content (AvgIpc) is 2.82. The van der Waals surface area contributed by atoms with Gasteiger partial charge in [0.1, 0.15) is 10.5 Å². The van der Waals surface area contributed by atoms with Gasteiger partial charge in [-0.25, -0.2) is 0 Å². The van der Waals surface area contributed by atoms with Crippen molar-refractivity contribution in [3.05, 3.63) is 54.1 Å². The molecule has 1 amide bonds. The molecule has 1 unspecified atom stereocenters. The number of methoxy groups -OCH3 is 1. The Bertz CT molecular complexity index is 1040. The summed E-state index contributed by atoms with van der Waals surface area (Å²) in [5.41, 5.74) is 7.05. The lowest BCUT2D eigenvalue weighted by molar-refractivity contribution is -0.122. The predicted octanol–water partition coefficient (Wildman–Crippen LogP) is 4.56. The number of hydrogen-bond acceptors (Lipinski definition) is 5. The largest absolute Gasteiger partial charge is 0.497 e. The zero-order chi connectivity index (χ0) is 24.1. The SMILES string of the molecule is C=S(=O)(c1ccc(CCC(C)(C)CSc2ccc(OC)cc2)cc1)C1(C(N)=O)CCOCC1. The molecule has 0 saturated carbocycles. The standard InChI is InChI=1S/C26H35NO4S2/c1-25(2,19-32-22-9-7-21(30-3)8-10-22)14-13-20-5-11-23(12-6-20)33(4,29)26(24(27)28)15-17-31-18-16-26/h5-12H,4,13-19H2,1-3H3,(H2,27,28). The zero-order valence-corrected chi connectivity index (χ0v) is 21.4. The fourth-order valence-electron chi connectivity index (χ4n) is 4.05. The van der Waals surface area contributed by atoms with Gasteiger partial charge in [0.05, 0.1) is 7.11 Å². The Hall–Kier alpha value is -1.96. The highest BCUT2D eigenvalue weighted by molar-refractivity contribution is 8.02. The van der Waals surface area contributed by atoms with E-state index in [0.29, 0.717) is 31.0 Å². The molecule has 0 aliphatic carbocycles. The molecular weight excluding hydrogens is 454 g/mol. The van der Waals surface area contributed by atoms with Gasteiger partial charge in [0.2, 0.25) is 5.91 Å². The van der Waals surface area contributed by atoms with E-state index >= 15 is 0 Å². The third-order valence-corrected chi connectivity index (χ3v) is 10.9. The van der Waals surface area contributed by atoms with Crippen LogP contribution in [0.1, 0.15) is 38.7 Å². The van der Waals surface area contributed by atoms with Gasteiger partial charge >= 0.3 is 0 Å². The molecule has 1 heterocycles. The van der Waals surface area contributed by atoms with Crippen LogP contribution in [0.15, 0.2) is 58.3 Å². The number of carbonyl (C=O) groups excluding carboxylic acids is 1. The van der Waals surface area contributed by atoms with Gasteiger partial charge < -0.3 is 15.2 Å². The van der Waals surface area contributed by atoms with Crippen LogP contribution in [0.2, 0.25) is 0 Å². The monoisotopic (exact) mass is 489 g/mol. The lowest BCUT2D eigenvalue weighted by Crippen LogP contribution is -2.53. The summed E-state index contributed by atoms with van der Waals surface area (Å²) in [7, 11) is -1.22. The van der Waals surface area contributed by atoms with Crippen LogP contribution in [0.5, 0.6) is 5.75 Å². The molecule has 5 nitrogen and oxygen atoms in total. The molecular formula is C26H35NO4S2. The third-order valence-electron chi connectivity index (χ3n) is 6.46. The molecule has 0 radical (unpaired) electrons. The first-order valence-electron chi connectivity index (χ1n) is 11.2. The summed E-state index contributed by atoms with van der Waals surface area (Å²) < 4.78 is 23.2. The zero-order valence-electron chi connectivity index (χ0n) is 19.8. The Morgan fingerprint density at radius 2 is 1.76 bits per heavy atom. The van der Waals surface area contributed by atoms with Crippen LogP contribution in [0.25, 0.3) is 0 Å². The van der Waals surface area contributed by atoms with Crippen molar-refractivity contribution in [3.8, 4) is 5.75 Å². The molecule has 7 heteroatoms. The summed E-state index contributed by atoms with van der Waals surface area (Å²) in [6.07, 6.45) is 2.63. The van der Waals surface area contributed by atoms with Gasteiger partial charge in [0.15, 0.2) is 0 Å². The molecule has 0 aromatic heterocycles. The molecule has 2 N–H and O–H groups in total. The van der Waals surface area contributed by atoms with E-state index in [0.717, 1.165) is 24.3 Å². The fourth-order valence-corrected chi connectivity index (χ4v) is 7.26. The van der Waals surface area contributed by atoms with Gasteiger partial charge in [0, 0.05) is 38.3 Å². The summed E-state index contributed by atoms with van der Waals surface area (Å²) in [6, 6.07) is 15.9. The highest BCUT2D eigenvalue weighted by atomic mass is 32.2. The molecule has 2 aromatic rings. The van der Waals surface area contributed by atoms with Crippen LogP contribution < -0.4 is 10.5 Å². The fraction of sp³-hybridized carbons (Fsp3) is 0.462. The molecule has 0 bridgehead atoms. The average molecular weight is 490 g/mol. The maximum absolute atomic E-state index is 13.7. The summed E-state index contributed by atoms with van der Waals surface area (Å²) >= 11 is 1.85. The van der Waals surface area contributed by atoms with E-state index < -0.39 is 20.2 Å². The molecule has 2 aromatic carbocycles. The van der Waals surface area contributed by atoms with E-state index in [1.165, 1.54) is 10.5 Å². The smallest absolute Gasteiger partial charge is 0.236 e. The van der Waals surface area contributed by atoms with E-state index in [4.69, 9.17) is 15.2 Å². The topological polar surface area (TPSA) is 78.6 Å². The minimum atomic E-state index is -2.89. The lowest BCUT2D eigenvalue weighted by Gasteiger charge is -2.37. The van der Waals surface area contributed by atoms with Crippen molar-refractivity contribution in [1.82, 2.24) is 0 Å². The number of aryl methyl sites for hydroxylation is 1. The molecule has 3 rings (SSSR count). The van der Waals surface area contributed by atoms with Gasteiger partial charge in [-0.1, -0.05) is 26.0 Å². The van der Waals surface area contributed by atoms with Crippen LogP contribution in [0.4, 0.5) is 0 Å². The number of carbonyl (C=O) groups is 1. The van der Waals surface area contributed by atoms with Crippen LogP contribution in [-0.4, -0.2) is 46.8 Å². The Kier molecular flexibility index (Phi) is 8.19. The molecule has 1 fully saturated rings. The number of primary amides is 1. The number of nitrogens with two attached hydrogens (primary N) is 1. The highest BCUT2D eigenvalue weighted by Crippen LogP contribution is 2.36. The second-order valence-corrected chi connectivity index (χ2v) is 13.1. The van der Waals surface area contributed by atoms with Gasteiger partial charge in [-0.3, -0.25) is 9.00 Å². The Morgan fingerprint density at radius 1 is 1.15 bits per heavy atom. The number of rotatable bonds is 10. The first-order chi connectivity index (χ1) is 15.6. The quantitative estimate of drug-likeness (QED) is 0.391. The first-order valence-corrected chi connectivity index (χ1v) is 13.9. The number of hydrogen-bond donors (Lipinski definition) is 1. The molecule has 1 atom stereocenters. The summed E-state index contributed by atoms with van der Waals surface area (Å²) in [4.78, 5) is 14.1. The van der Waals surface area contributed by atoms with Gasteiger partial charge in [-0.2, -0.15) is 0 Å². The van der Waals surface area contributed by atoms with Crippen molar-refractivity contribution in [2.45, 2.75) is 54.1 Å². The van der Waals surface area contributed by atoms with Gasteiger partial charge in [-0.15, -0.1) is 11.8 Å². The van der Waals surface area contributed by atoms with Gasteiger partial charge in [0.25, 0.3) is 0 Å². The van der Waals surface area contributed by atoms with Crippen molar-refractivity contribution < 1.29 is 18.5 Å². The minimum absolute atomic E-state index is 0.154. The highest BCUT2D eigenvalue weighted by Gasteiger charge is 2.46. The molecule has 1 aliphatic heterocycles. The second kappa shape index (κ2) is 10.5.